The van der Waals surface area contributed by atoms with E-state index >= 15 is 0 Å². The molecule has 0 atom stereocenters. The summed E-state index contributed by atoms with van der Waals surface area (Å²) in [5, 5.41) is 16.6. The third-order valence-electron chi connectivity index (χ3n) is 5.49. The van der Waals surface area contributed by atoms with Crippen LogP contribution in [0.15, 0.2) is 42.5 Å². The minimum Gasteiger partial charge on any atom is -0.382 e. The van der Waals surface area contributed by atoms with E-state index in [1.165, 1.54) is 30.7 Å². The van der Waals surface area contributed by atoms with Gasteiger partial charge in [-0.2, -0.15) is 0 Å². The van der Waals surface area contributed by atoms with Crippen molar-refractivity contribution in [3.63, 3.8) is 0 Å². The third kappa shape index (κ3) is 6.76. The van der Waals surface area contributed by atoms with Crippen LogP contribution in [-0.2, 0) is 4.74 Å². The van der Waals surface area contributed by atoms with Crippen LogP contribution in [0.4, 0.5) is 17.1 Å². The van der Waals surface area contributed by atoms with Crippen LogP contribution < -0.4 is 15.5 Å². The van der Waals surface area contributed by atoms with Crippen LogP contribution in [0, 0.1) is 10.1 Å². The van der Waals surface area contributed by atoms with Gasteiger partial charge in [0.1, 0.15) is 0 Å². The van der Waals surface area contributed by atoms with Gasteiger partial charge in [0.25, 0.3) is 17.5 Å². The molecule has 2 N–H and O–H groups in total. The van der Waals surface area contributed by atoms with Crippen LogP contribution in [0.5, 0.6) is 0 Å². The summed E-state index contributed by atoms with van der Waals surface area (Å²) < 4.78 is 5.32. The second-order valence-electron chi connectivity index (χ2n) is 7.84. The summed E-state index contributed by atoms with van der Waals surface area (Å²) in [7, 11) is 0. The molecule has 3 rings (SSSR count). The molecule has 176 valence electrons. The van der Waals surface area contributed by atoms with Crippen LogP contribution in [0.2, 0.25) is 0 Å². The number of ether oxygens (including phenoxy) is 1. The number of non-ortho nitro benzene ring substituents is 1. The highest BCUT2D eigenvalue weighted by Gasteiger charge is 2.20. The number of nitro benzene ring substituents is 1. The Bertz CT molecular complexity index is 971. The number of hydrogen-bond donors (Lipinski definition) is 2. The SMILES string of the molecule is CCOCCCNC(=O)c1cc(NC(=O)c2ccc([N+](=O)[O-])cc2)ccc1N1CCCCC1. The number of hydrogen-bond acceptors (Lipinski definition) is 6. The first-order valence-electron chi connectivity index (χ1n) is 11.3. The Morgan fingerprint density at radius 1 is 1.06 bits per heavy atom. The Balaban J connectivity index is 1.76. The molecule has 0 spiro atoms. The fourth-order valence-corrected chi connectivity index (χ4v) is 3.76. The van der Waals surface area contributed by atoms with Gasteiger partial charge in [0, 0.05) is 61.9 Å². The van der Waals surface area contributed by atoms with Crippen molar-refractivity contribution in [2.24, 2.45) is 0 Å². The van der Waals surface area contributed by atoms with Crippen molar-refractivity contribution in [1.29, 1.82) is 0 Å². The van der Waals surface area contributed by atoms with Gasteiger partial charge in [0.2, 0.25) is 0 Å². The van der Waals surface area contributed by atoms with Crippen molar-refractivity contribution in [3.8, 4) is 0 Å². The molecule has 0 aromatic heterocycles. The normalized spacial score (nSPS) is 13.4. The maximum atomic E-state index is 13.0. The molecule has 1 saturated heterocycles. The maximum absolute atomic E-state index is 13.0. The van der Waals surface area contributed by atoms with Gasteiger partial charge in [-0.25, -0.2) is 0 Å². The van der Waals surface area contributed by atoms with Crippen LogP contribution in [-0.4, -0.2) is 49.6 Å². The van der Waals surface area contributed by atoms with Crippen molar-refractivity contribution in [3.05, 3.63) is 63.7 Å². The molecular weight excluding hydrogens is 424 g/mol. The zero-order chi connectivity index (χ0) is 23.6. The van der Waals surface area contributed by atoms with E-state index in [1.807, 2.05) is 13.0 Å². The molecule has 1 aliphatic rings. The Kier molecular flexibility index (Phi) is 8.77. The summed E-state index contributed by atoms with van der Waals surface area (Å²) in [6, 6.07) is 10.7. The molecule has 2 amide bonds. The van der Waals surface area contributed by atoms with Gasteiger partial charge in [0.15, 0.2) is 0 Å². The van der Waals surface area contributed by atoms with Gasteiger partial charge in [-0.1, -0.05) is 0 Å². The zero-order valence-electron chi connectivity index (χ0n) is 18.8. The Hall–Kier alpha value is -3.46. The smallest absolute Gasteiger partial charge is 0.269 e. The van der Waals surface area contributed by atoms with E-state index in [0.29, 0.717) is 36.6 Å². The van der Waals surface area contributed by atoms with Crippen molar-refractivity contribution in [1.82, 2.24) is 5.32 Å². The average molecular weight is 455 g/mol. The molecule has 33 heavy (non-hydrogen) atoms. The van der Waals surface area contributed by atoms with Gasteiger partial charge in [-0.15, -0.1) is 0 Å². The lowest BCUT2D eigenvalue weighted by molar-refractivity contribution is -0.384. The summed E-state index contributed by atoms with van der Waals surface area (Å²) in [5.74, 6) is -0.600. The summed E-state index contributed by atoms with van der Waals surface area (Å²) in [5.41, 5.74) is 2.06. The zero-order valence-corrected chi connectivity index (χ0v) is 18.8. The lowest BCUT2D eigenvalue weighted by Crippen LogP contribution is -2.33. The number of nitro groups is 1. The van der Waals surface area contributed by atoms with E-state index in [0.717, 1.165) is 38.0 Å². The Morgan fingerprint density at radius 3 is 2.45 bits per heavy atom. The van der Waals surface area contributed by atoms with Crippen LogP contribution in [0.25, 0.3) is 0 Å². The molecule has 0 aliphatic carbocycles. The molecule has 9 heteroatoms. The number of piperidine rings is 1. The van der Waals surface area contributed by atoms with Crippen molar-refractivity contribution in [2.75, 3.05) is 43.1 Å². The number of nitrogens with zero attached hydrogens (tertiary/aromatic N) is 2. The maximum Gasteiger partial charge on any atom is 0.269 e. The highest BCUT2D eigenvalue weighted by Crippen LogP contribution is 2.27. The first-order valence-corrected chi connectivity index (χ1v) is 11.3. The fraction of sp³-hybridized carbons (Fsp3) is 0.417. The van der Waals surface area contributed by atoms with Crippen molar-refractivity contribution in [2.45, 2.75) is 32.6 Å². The average Bonchev–Trinajstić information content (AvgIpc) is 2.84. The molecule has 2 aromatic carbocycles. The predicted molar refractivity (Wildman–Crippen MR) is 127 cm³/mol. The van der Waals surface area contributed by atoms with E-state index in [-0.39, 0.29) is 11.6 Å². The van der Waals surface area contributed by atoms with Gasteiger partial charge in [-0.3, -0.25) is 19.7 Å². The van der Waals surface area contributed by atoms with E-state index in [2.05, 4.69) is 15.5 Å². The minimum absolute atomic E-state index is 0.0827. The molecule has 0 unspecified atom stereocenters. The number of benzene rings is 2. The van der Waals surface area contributed by atoms with Crippen LogP contribution in [0.1, 0.15) is 53.3 Å². The quantitative estimate of drug-likeness (QED) is 0.319. The second-order valence-corrected chi connectivity index (χ2v) is 7.84. The summed E-state index contributed by atoms with van der Waals surface area (Å²) >= 11 is 0. The van der Waals surface area contributed by atoms with Gasteiger partial charge >= 0.3 is 0 Å². The standard InChI is InChI=1S/C24H30N4O5/c1-2-33-16-6-13-25-24(30)21-17-19(9-12-22(21)27-14-4-3-5-15-27)26-23(29)18-7-10-20(11-8-18)28(31)32/h7-12,17H,2-6,13-16H2,1H3,(H,25,30)(H,26,29). The topological polar surface area (TPSA) is 114 Å². The molecule has 1 fully saturated rings. The third-order valence-corrected chi connectivity index (χ3v) is 5.49. The molecular formula is C24H30N4O5. The lowest BCUT2D eigenvalue weighted by atomic mass is 10.1. The molecule has 0 bridgehead atoms. The van der Waals surface area contributed by atoms with E-state index in [4.69, 9.17) is 4.74 Å². The molecule has 0 saturated carbocycles. The van der Waals surface area contributed by atoms with E-state index < -0.39 is 10.8 Å². The molecule has 1 aliphatic heterocycles. The van der Waals surface area contributed by atoms with Crippen molar-refractivity contribution < 1.29 is 19.2 Å². The second kappa shape index (κ2) is 12.0. The van der Waals surface area contributed by atoms with E-state index in [1.54, 1.807) is 12.1 Å². The number of rotatable bonds is 10. The van der Waals surface area contributed by atoms with Crippen LogP contribution in [0.3, 0.4) is 0 Å². The molecule has 1 heterocycles. The number of nitrogens with one attached hydrogen (secondary N) is 2. The first-order chi connectivity index (χ1) is 16.0. The molecule has 9 nitrogen and oxygen atoms in total. The largest absolute Gasteiger partial charge is 0.382 e. The summed E-state index contributed by atoms with van der Waals surface area (Å²) in [4.78, 5) is 38.1. The summed E-state index contributed by atoms with van der Waals surface area (Å²) in [6.07, 6.45) is 4.05. The van der Waals surface area contributed by atoms with Gasteiger partial charge in [-0.05, 0) is 62.9 Å². The number of anilines is 2. The Labute approximate surface area is 193 Å². The van der Waals surface area contributed by atoms with Crippen LogP contribution >= 0.6 is 0 Å². The number of carbonyl (C=O) groups is 2. The number of amides is 2. The summed E-state index contributed by atoms with van der Waals surface area (Å²) in [6.45, 7) is 5.43. The lowest BCUT2D eigenvalue weighted by Gasteiger charge is -2.30. The Morgan fingerprint density at radius 2 is 1.79 bits per heavy atom. The van der Waals surface area contributed by atoms with Crippen molar-refractivity contribution >= 4 is 28.9 Å². The monoisotopic (exact) mass is 454 g/mol. The van der Waals surface area contributed by atoms with Gasteiger partial charge < -0.3 is 20.3 Å². The van der Waals surface area contributed by atoms with E-state index in [9.17, 15) is 19.7 Å². The molecule has 0 radical (unpaired) electrons. The predicted octanol–water partition coefficient (Wildman–Crippen LogP) is 3.99. The fourth-order valence-electron chi connectivity index (χ4n) is 3.76. The highest BCUT2D eigenvalue weighted by atomic mass is 16.6. The number of carbonyl (C=O) groups excluding carboxylic acids is 2. The minimum atomic E-state index is -0.514. The molecule has 2 aromatic rings. The first kappa shape index (κ1) is 24.2. The highest BCUT2D eigenvalue weighted by molar-refractivity contribution is 6.06. The van der Waals surface area contributed by atoms with Gasteiger partial charge in [0.05, 0.1) is 10.5 Å².